The van der Waals surface area contributed by atoms with Crippen LogP contribution in [0.1, 0.15) is 78.1 Å². The normalized spacial score (nSPS) is 19.6. The van der Waals surface area contributed by atoms with E-state index >= 15 is 0 Å². The van der Waals surface area contributed by atoms with Crippen LogP contribution in [0.25, 0.3) is 0 Å². The highest BCUT2D eigenvalue weighted by atomic mass is 35.5. The Labute approximate surface area is 222 Å². The lowest BCUT2D eigenvalue weighted by atomic mass is 9.95. The average Bonchev–Trinajstić information content (AvgIpc) is 3.29. The number of fused-ring (bicyclic) bond motifs is 2. The van der Waals surface area contributed by atoms with Crippen LogP contribution in [0.3, 0.4) is 0 Å². The maximum Gasteiger partial charge on any atom is 0.275 e. The smallest absolute Gasteiger partial charge is 0.275 e. The van der Waals surface area contributed by atoms with Crippen LogP contribution in [0.5, 0.6) is 5.75 Å². The van der Waals surface area contributed by atoms with Gasteiger partial charge in [0.2, 0.25) is 5.91 Å². The summed E-state index contributed by atoms with van der Waals surface area (Å²) in [6.07, 6.45) is 5.76. The number of carbonyl (C=O) groups is 3. The number of aryl methyl sites for hydroxylation is 1. The Morgan fingerprint density at radius 2 is 2.00 bits per heavy atom. The van der Waals surface area contributed by atoms with Gasteiger partial charge in [0.25, 0.3) is 11.8 Å². The molecule has 1 aliphatic carbocycles. The summed E-state index contributed by atoms with van der Waals surface area (Å²) in [5.41, 5.74) is 2.77. The minimum atomic E-state index is -0.292. The molecule has 3 N–H and O–H groups in total. The van der Waals surface area contributed by atoms with E-state index in [9.17, 15) is 14.4 Å². The van der Waals surface area contributed by atoms with Crippen LogP contribution >= 0.6 is 11.6 Å². The summed E-state index contributed by atoms with van der Waals surface area (Å²) in [4.78, 5) is 41.1. The first-order valence-corrected chi connectivity index (χ1v) is 13.5. The fourth-order valence-corrected chi connectivity index (χ4v) is 5.14. The number of benzene rings is 1. The SMILES string of the molecule is CC(C)C[C@@H]1COc2ccc(Cl)cc2C(=O)NCCCCN(C(=O)c2n[nH]c3c2CCCC3)CC(=O)N1. The predicted octanol–water partition coefficient (Wildman–Crippen LogP) is 3.52. The van der Waals surface area contributed by atoms with Gasteiger partial charge in [-0.2, -0.15) is 5.10 Å². The summed E-state index contributed by atoms with van der Waals surface area (Å²) >= 11 is 6.15. The van der Waals surface area contributed by atoms with Crippen molar-refractivity contribution in [3.05, 3.63) is 45.7 Å². The maximum absolute atomic E-state index is 13.5. The molecule has 0 bridgehead atoms. The van der Waals surface area contributed by atoms with Crippen LogP contribution in [0.4, 0.5) is 0 Å². The van der Waals surface area contributed by atoms with Crippen molar-refractivity contribution in [1.82, 2.24) is 25.7 Å². The first-order chi connectivity index (χ1) is 17.8. The van der Waals surface area contributed by atoms with Crippen LogP contribution < -0.4 is 15.4 Å². The van der Waals surface area contributed by atoms with Crippen molar-refractivity contribution in [3.63, 3.8) is 0 Å². The molecule has 9 nitrogen and oxygen atoms in total. The molecule has 3 amide bonds. The Balaban J connectivity index is 1.55. The minimum absolute atomic E-state index is 0.0619. The van der Waals surface area contributed by atoms with Crippen LogP contribution in [0.15, 0.2) is 18.2 Å². The van der Waals surface area contributed by atoms with E-state index in [1.807, 2.05) is 0 Å². The predicted molar refractivity (Wildman–Crippen MR) is 141 cm³/mol. The molecule has 37 heavy (non-hydrogen) atoms. The molecule has 2 aromatic rings. The average molecular weight is 530 g/mol. The summed E-state index contributed by atoms with van der Waals surface area (Å²) < 4.78 is 6.02. The molecule has 1 aliphatic heterocycles. The second-order valence-corrected chi connectivity index (χ2v) is 10.7. The molecule has 0 saturated heterocycles. The third-order valence-electron chi connectivity index (χ3n) is 6.77. The number of H-pyrrole nitrogens is 1. The van der Waals surface area contributed by atoms with Gasteiger partial charge in [0.1, 0.15) is 12.4 Å². The summed E-state index contributed by atoms with van der Waals surface area (Å²) in [5, 5.41) is 13.8. The number of amides is 3. The molecule has 1 atom stereocenters. The van der Waals surface area contributed by atoms with E-state index < -0.39 is 0 Å². The lowest BCUT2D eigenvalue weighted by molar-refractivity contribution is -0.122. The molecule has 2 aliphatic rings. The van der Waals surface area contributed by atoms with Gasteiger partial charge in [-0.3, -0.25) is 19.5 Å². The lowest BCUT2D eigenvalue weighted by Gasteiger charge is -2.25. The Morgan fingerprint density at radius 3 is 2.81 bits per heavy atom. The number of halogens is 1. The number of ether oxygens (including phenoxy) is 1. The third kappa shape index (κ3) is 7.03. The van der Waals surface area contributed by atoms with Crippen molar-refractivity contribution in [2.75, 3.05) is 26.2 Å². The molecule has 0 radical (unpaired) electrons. The van der Waals surface area contributed by atoms with Crippen LogP contribution in [-0.2, 0) is 17.6 Å². The zero-order valence-corrected chi connectivity index (χ0v) is 22.3. The fourth-order valence-electron chi connectivity index (χ4n) is 4.96. The van der Waals surface area contributed by atoms with Crippen molar-refractivity contribution in [1.29, 1.82) is 0 Å². The molecule has 200 valence electrons. The van der Waals surface area contributed by atoms with Gasteiger partial charge >= 0.3 is 0 Å². The zero-order chi connectivity index (χ0) is 26.4. The van der Waals surface area contributed by atoms with Gasteiger partial charge < -0.3 is 20.3 Å². The van der Waals surface area contributed by atoms with Crippen molar-refractivity contribution in [2.24, 2.45) is 5.92 Å². The van der Waals surface area contributed by atoms with Gasteiger partial charge in [0.15, 0.2) is 5.69 Å². The maximum atomic E-state index is 13.5. The van der Waals surface area contributed by atoms with Crippen molar-refractivity contribution in [2.45, 2.75) is 64.8 Å². The summed E-state index contributed by atoms with van der Waals surface area (Å²) in [6, 6.07) is 4.65. The van der Waals surface area contributed by atoms with E-state index in [0.717, 1.165) is 36.9 Å². The van der Waals surface area contributed by atoms with Crippen LogP contribution in [-0.4, -0.2) is 65.1 Å². The number of rotatable bonds is 3. The number of carbonyl (C=O) groups excluding carboxylic acids is 3. The van der Waals surface area contributed by atoms with E-state index in [-0.39, 0.29) is 36.9 Å². The Bertz CT molecular complexity index is 1130. The van der Waals surface area contributed by atoms with Gasteiger partial charge in [-0.25, -0.2) is 0 Å². The lowest BCUT2D eigenvalue weighted by Crippen LogP contribution is -2.47. The van der Waals surface area contributed by atoms with Crippen molar-refractivity contribution < 1.29 is 19.1 Å². The van der Waals surface area contributed by atoms with E-state index in [0.29, 0.717) is 60.3 Å². The van der Waals surface area contributed by atoms with Crippen LogP contribution in [0, 0.1) is 5.92 Å². The van der Waals surface area contributed by atoms with Gasteiger partial charge in [-0.15, -0.1) is 0 Å². The molecule has 1 aromatic heterocycles. The largest absolute Gasteiger partial charge is 0.491 e. The summed E-state index contributed by atoms with van der Waals surface area (Å²) in [7, 11) is 0. The topological polar surface area (TPSA) is 116 Å². The zero-order valence-electron chi connectivity index (χ0n) is 21.6. The van der Waals surface area contributed by atoms with E-state index in [4.69, 9.17) is 16.3 Å². The molecular formula is C27H36ClN5O4. The molecule has 1 aromatic carbocycles. The second-order valence-electron chi connectivity index (χ2n) is 10.3. The van der Waals surface area contributed by atoms with Gasteiger partial charge in [0, 0.05) is 29.4 Å². The Morgan fingerprint density at radius 1 is 1.19 bits per heavy atom. The fraction of sp³-hybridized carbons (Fsp3) is 0.556. The second kappa shape index (κ2) is 12.4. The Kier molecular flexibility index (Phi) is 9.08. The standard InChI is InChI=1S/C27H36ClN5O4/c1-17(2)13-19-16-37-23-10-9-18(28)14-21(23)26(35)29-11-5-6-12-33(15-24(34)30-19)27(36)25-20-7-3-4-8-22(20)31-32-25/h9-10,14,17,19H,3-8,11-13,15-16H2,1-2H3,(H,29,35)(H,30,34)(H,31,32)/t19-/m1/s1. The monoisotopic (exact) mass is 529 g/mol. The summed E-state index contributed by atoms with van der Waals surface area (Å²) in [5.74, 6) is -0.0286. The van der Waals surface area contributed by atoms with Crippen molar-refractivity contribution in [3.8, 4) is 5.75 Å². The third-order valence-corrected chi connectivity index (χ3v) is 7.00. The van der Waals surface area contributed by atoms with E-state index in [1.165, 1.54) is 0 Å². The summed E-state index contributed by atoms with van der Waals surface area (Å²) in [6.45, 7) is 5.07. The molecule has 0 saturated carbocycles. The molecule has 0 spiro atoms. The first-order valence-electron chi connectivity index (χ1n) is 13.2. The van der Waals surface area contributed by atoms with Gasteiger partial charge in [-0.1, -0.05) is 25.4 Å². The van der Waals surface area contributed by atoms with Crippen molar-refractivity contribution >= 4 is 29.3 Å². The van der Waals surface area contributed by atoms with Gasteiger partial charge in [-0.05, 0) is 69.1 Å². The molecule has 4 rings (SSSR count). The molecule has 0 unspecified atom stereocenters. The number of aromatic amines is 1. The Hall–Kier alpha value is -3.07. The van der Waals surface area contributed by atoms with E-state index in [2.05, 4.69) is 34.7 Å². The molecule has 0 fully saturated rings. The number of nitrogens with one attached hydrogen (secondary N) is 3. The molecule has 2 heterocycles. The van der Waals surface area contributed by atoms with Crippen LogP contribution in [0.2, 0.25) is 5.02 Å². The minimum Gasteiger partial charge on any atom is -0.491 e. The number of hydrogen-bond acceptors (Lipinski definition) is 5. The number of aromatic nitrogens is 2. The number of hydrogen-bond donors (Lipinski definition) is 3. The molecular weight excluding hydrogens is 494 g/mol. The quantitative estimate of drug-likeness (QED) is 0.562. The number of nitrogens with zero attached hydrogens (tertiary/aromatic N) is 2. The van der Waals surface area contributed by atoms with Gasteiger partial charge in [0.05, 0.1) is 18.2 Å². The molecule has 10 heteroatoms. The highest BCUT2D eigenvalue weighted by molar-refractivity contribution is 6.31. The highest BCUT2D eigenvalue weighted by Crippen LogP contribution is 2.25. The highest BCUT2D eigenvalue weighted by Gasteiger charge is 2.28. The van der Waals surface area contributed by atoms with E-state index in [1.54, 1.807) is 23.1 Å². The first kappa shape index (κ1) is 27.0.